The highest BCUT2D eigenvalue weighted by Crippen LogP contribution is 2.27. The minimum absolute atomic E-state index is 0.167. The maximum atomic E-state index is 12.5. The third kappa shape index (κ3) is 4.28. The summed E-state index contributed by atoms with van der Waals surface area (Å²) in [6.45, 7) is 2.23. The van der Waals surface area contributed by atoms with Gasteiger partial charge in [-0.2, -0.15) is 0 Å². The zero-order chi connectivity index (χ0) is 15.5. The quantitative estimate of drug-likeness (QED) is 0.831. The van der Waals surface area contributed by atoms with Crippen LogP contribution in [-0.2, 0) is 10.0 Å². The molecule has 0 saturated heterocycles. The van der Waals surface area contributed by atoms with E-state index in [2.05, 4.69) is 20.7 Å². The highest BCUT2D eigenvalue weighted by atomic mass is 79.9. The van der Waals surface area contributed by atoms with Gasteiger partial charge in [0, 0.05) is 17.1 Å². The highest BCUT2D eigenvalue weighted by Gasteiger charge is 2.27. The maximum absolute atomic E-state index is 12.5. The van der Waals surface area contributed by atoms with E-state index < -0.39 is 10.0 Å². The molecule has 21 heavy (non-hydrogen) atoms. The molecule has 1 aromatic rings. The van der Waals surface area contributed by atoms with Crippen LogP contribution in [0.15, 0.2) is 27.6 Å². The van der Waals surface area contributed by atoms with Crippen LogP contribution in [0.3, 0.4) is 0 Å². The molecule has 2 rings (SSSR count). The number of benzene rings is 1. The monoisotopic (exact) mass is 374 g/mol. The fourth-order valence-electron chi connectivity index (χ4n) is 2.92. The van der Waals surface area contributed by atoms with E-state index in [4.69, 9.17) is 5.73 Å². The molecule has 6 heteroatoms. The molecule has 0 aliphatic heterocycles. The van der Waals surface area contributed by atoms with Gasteiger partial charge in [0.2, 0.25) is 10.0 Å². The van der Waals surface area contributed by atoms with Gasteiger partial charge in [0.25, 0.3) is 0 Å². The van der Waals surface area contributed by atoms with Crippen LogP contribution in [0.5, 0.6) is 0 Å². The van der Waals surface area contributed by atoms with Crippen molar-refractivity contribution in [3.8, 4) is 0 Å². The van der Waals surface area contributed by atoms with Gasteiger partial charge < -0.3 is 5.73 Å². The number of hydrogen-bond donors (Lipinski definition) is 2. The Bertz CT molecular complexity index is 583. The van der Waals surface area contributed by atoms with Crippen LogP contribution in [0, 0.1) is 12.8 Å². The molecular weight excluding hydrogens is 352 g/mol. The van der Waals surface area contributed by atoms with Crippen LogP contribution < -0.4 is 10.5 Å². The van der Waals surface area contributed by atoms with E-state index in [9.17, 15) is 8.42 Å². The van der Waals surface area contributed by atoms with E-state index >= 15 is 0 Å². The largest absolute Gasteiger partial charge is 0.329 e. The molecule has 1 unspecified atom stereocenters. The van der Waals surface area contributed by atoms with Gasteiger partial charge in [-0.25, -0.2) is 13.1 Å². The van der Waals surface area contributed by atoms with E-state index in [1.165, 1.54) is 19.3 Å². The van der Waals surface area contributed by atoms with Gasteiger partial charge in [0.15, 0.2) is 0 Å². The minimum atomic E-state index is -3.51. The number of rotatable bonds is 5. The molecule has 4 nitrogen and oxygen atoms in total. The molecule has 0 aromatic heterocycles. The summed E-state index contributed by atoms with van der Waals surface area (Å²) >= 11 is 3.39. The molecule has 3 N–H and O–H groups in total. The second-order valence-electron chi connectivity index (χ2n) is 5.77. The van der Waals surface area contributed by atoms with Crippen molar-refractivity contribution in [1.29, 1.82) is 0 Å². The Balaban J connectivity index is 2.16. The lowest BCUT2D eigenvalue weighted by Crippen LogP contribution is -2.45. The molecule has 0 heterocycles. The van der Waals surface area contributed by atoms with Crippen LogP contribution in [0.1, 0.15) is 37.7 Å². The third-order valence-electron chi connectivity index (χ3n) is 4.22. The van der Waals surface area contributed by atoms with Crippen molar-refractivity contribution in [2.45, 2.75) is 50.0 Å². The van der Waals surface area contributed by atoms with E-state index in [-0.39, 0.29) is 6.04 Å². The molecule has 1 saturated carbocycles. The van der Waals surface area contributed by atoms with Crippen molar-refractivity contribution in [1.82, 2.24) is 4.72 Å². The van der Waals surface area contributed by atoms with E-state index in [1.807, 2.05) is 6.92 Å². The lowest BCUT2D eigenvalue weighted by atomic mass is 9.84. The van der Waals surface area contributed by atoms with Crippen molar-refractivity contribution in [2.24, 2.45) is 11.7 Å². The van der Waals surface area contributed by atoms with Crippen molar-refractivity contribution in [3.05, 3.63) is 28.2 Å². The Hall–Kier alpha value is -0.430. The number of nitrogens with one attached hydrogen (secondary N) is 1. The number of sulfonamides is 1. The average Bonchev–Trinajstić information content (AvgIpc) is 2.48. The number of aryl methyl sites for hydroxylation is 1. The smallest absolute Gasteiger partial charge is 0.240 e. The van der Waals surface area contributed by atoms with Gasteiger partial charge in [-0.15, -0.1) is 0 Å². The SMILES string of the molecule is Cc1cc(S(=O)(=O)NC(CN)C2CCCCC2)ccc1Br. The van der Waals surface area contributed by atoms with Crippen molar-refractivity contribution in [3.63, 3.8) is 0 Å². The summed E-state index contributed by atoms with van der Waals surface area (Å²) in [5, 5.41) is 0. The Labute approximate surface area is 135 Å². The van der Waals surface area contributed by atoms with Crippen LogP contribution in [-0.4, -0.2) is 21.0 Å². The zero-order valence-corrected chi connectivity index (χ0v) is 14.7. The normalized spacial score (nSPS) is 18.6. The van der Waals surface area contributed by atoms with Crippen LogP contribution in [0.2, 0.25) is 0 Å². The number of nitrogens with two attached hydrogens (primary N) is 1. The summed E-state index contributed by atoms with van der Waals surface area (Å²) in [6.07, 6.45) is 5.69. The fraction of sp³-hybridized carbons (Fsp3) is 0.600. The summed E-state index contributed by atoms with van der Waals surface area (Å²) in [6, 6.07) is 4.90. The second kappa shape index (κ2) is 7.22. The summed E-state index contributed by atoms with van der Waals surface area (Å²) in [5.74, 6) is 0.357. The summed E-state index contributed by atoms with van der Waals surface area (Å²) in [5.41, 5.74) is 6.71. The van der Waals surface area contributed by atoms with Gasteiger partial charge >= 0.3 is 0 Å². The predicted octanol–water partition coefficient (Wildman–Crippen LogP) is 2.94. The Morgan fingerprint density at radius 3 is 2.57 bits per heavy atom. The molecule has 1 aliphatic carbocycles. The highest BCUT2D eigenvalue weighted by molar-refractivity contribution is 9.10. The van der Waals surface area contributed by atoms with Crippen LogP contribution in [0.25, 0.3) is 0 Å². The molecule has 1 fully saturated rings. The predicted molar refractivity (Wildman–Crippen MR) is 88.6 cm³/mol. The second-order valence-corrected chi connectivity index (χ2v) is 8.34. The van der Waals surface area contributed by atoms with Crippen molar-refractivity contribution >= 4 is 26.0 Å². The standard InChI is InChI=1S/C15H23BrN2O2S/c1-11-9-13(7-8-14(11)16)21(19,20)18-15(10-17)12-5-3-2-4-6-12/h7-9,12,15,18H,2-6,10,17H2,1H3. The first-order chi connectivity index (χ1) is 9.94. The topological polar surface area (TPSA) is 72.2 Å². The first kappa shape index (κ1) is 16.9. The van der Waals surface area contributed by atoms with Gasteiger partial charge in [-0.05, 0) is 49.4 Å². The molecule has 0 spiro atoms. The van der Waals surface area contributed by atoms with E-state index in [0.29, 0.717) is 17.4 Å². The van der Waals surface area contributed by atoms with Gasteiger partial charge in [0.1, 0.15) is 0 Å². The van der Waals surface area contributed by atoms with Crippen molar-refractivity contribution < 1.29 is 8.42 Å². The first-order valence-electron chi connectivity index (χ1n) is 7.42. The molecule has 1 aromatic carbocycles. The lowest BCUT2D eigenvalue weighted by molar-refractivity contribution is 0.294. The Morgan fingerprint density at radius 1 is 1.33 bits per heavy atom. The average molecular weight is 375 g/mol. The maximum Gasteiger partial charge on any atom is 0.240 e. The molecule has 0 radical (unpaired) electrons. The van der Waals surface area contributed by atoms with E-state index in [0.717, 1.165) is 22.9 Å². The number of hydrogen-bond acceptors (Lipinski definition) is 3. The Kier molecular flexibility index (Phi) is 5.82. The first-order valence-corrected chi connectivity index (χ1v) is 9.70. The molecule has 1 atom stereocenters. The minimum Gasteiger partial charge on any atom is -0.329 e. The number of halogens is 1. The zero-order valence-electron chi connectivity index (χ0n) is 12.3. The third-order valence-corrected chi connectivity index (χ3v) is 6.60. The molecule has 0 amide bonds. The fourth-order valence-corrected chi connectivity index (χ4v) is 4.57. The summed E-state index contributed by atoms with van der Waals surface area (Å²) in [7, 11) is -3.51. The summed E-state index contributed by atoms with van der Waals surface area (Å²) in [4.78, 5) is 0.303. The molecule has 118 valence electrons. The molecular formula is C15H23BrN2O2S. The molecule has 1 aliphatic rings. The van der Waals surface area contributed by atoms with Crippen LogP contribution >= 0.6 is 15.9 Å². The van der Waals surface area contributed by atoms with Crippen molar-refractivity contribution in [2.75, 3.05) is 6.54 Å². The van der Waals surface area contributed by atoms with Gasteiger partial charge in [-0.3, -0.25) is 0 Å². The van der Waals surface area contributed by atoms with Gasteiger partial charge in [-0.1, -0.05) is 35.2 Å². The van der Waals surface area contributed by atoms with Gasteiger partial charge in [0.05, 0.1) is 4.90 Å². The van der Waals surface area contributed by atoms with Crippen LogP contribution in [0.4, 0.5) is 0 Å². The Morgan fingerprint density at radius 2 is 2.00 bits per heavy atom. The molecule has 0 bridgehead atoms. The van der Waals surface area contributed by atoms with E-state index in [1.54, 1.807) is 18.2 Å². The lowest BCUT2D eigenvalue weighted by Gasteiger charge is -2.29. The summed E-state index contributed by atoms with van der Waals surface area (Å²) < 4.78 is 28.8.